The average Bonchev–Trinajstić information content (AvgIpc) is 3.16. The molecule has 0 unspecified atom stereocenters. The van der Waals surface area contributed by atoms with Gasteiger partial charge in [-0.2, -0.15) is 0 Å². The summed E-state index contributed by atoms with van der Waals surface area (Å²) in [5.74, 6) is 0.825. The molecule has 0 fully saturated rings. The molecule has 2 N–H and O–H groups in total. The second kappa shape index (κ2) is 10.5. The number of aromatic amines is 1. The molecule has 0 aliphatic heterocycles. The van der Waals surface area contributed by atoms with Crippen LogP contribution in [0.1, 0.15) is 76.1 Å². The van der Waals surface area contributed by atoms with Crippen LogP contribution in [0.5, 0.6) is 5.75 Å². The van der Waals surface area contributed by atoms with Crippen molar-refractivity contribution in [1.29, 1.82) is 0 Å². The van der Waals surface area contributed by atoms with Gasteiger partial charge in [-0.15, -0.1) is 0 Å². The van der Waals surface area contributed by atoms with Crippen molar-refractivity contribution >= 4 is 16.9 Å². The first-order chi connectivity index (χ1) is 15.3. The zero-order chi connectivity index (χ0) is 23.3. The van der Waals surface area contributed by atoms with E-state index in [-0.39, 0.29) is 0 Å². The molecule has 1 aromatic heterocycles. The molecule has 4 nitrogen and oxygen atoms in total. The lowest BCUT2D eigenvalue weighted by Crippen LogP contribution is -2.05. The van der Waals surface area contributed by atoms with Gasteiger partial charge in [-0.25, -0.2) is 4.79 Å². The standard InChI is InChI=1S/C28H35NO3/c1-6-7-14-32-28-23(19(4)5)15-20(18(2)3)16-25(28)22-11-9-12-26-24(22)17-21(29-26)10-8-13-27(30)31/h8-9,11-13,15-19,29H,6-7,10,14H2,1-5H3,(H,30,31). The van der Waals surface area contributed by atoms with Crippen molar-refractivity contribution in [2.24, 2.45) is 0 Å². The van der Waals surface area contributed by atoms with Gasteiger partial charge in [0.25, 0.3) is 0 Å². The van der Waals surface area contributed by atoms with E-state index in [4.69, 9.17) is 9.84 Å². The number of rotatable bonds is 10. The second-order valence-electron chi connectivity index (χ2n) is 9.00. The summed E-state index contributed by atoms with van der Waals surface area (Å²) in [5, 5.41) is 10.0. The number of allylic oxidation sites excluding steroid dienone is 1. The highest BCUT2D eigenvalue weighted by molar-refractivity contribution is 5.97. The van der Waals surface area contributed by atoms with Gasteiger partial charge < -0.3 is 14.8 Å². The third kappa shape index (κ3) is 5.42. The van der Waals surface area contributed by atoms with Crippen LogP contribution in [0.25, 0.3) is 22.0 Å². The number of aliphatic carboxylic acids is 1. The molecular weight excluding hydrogens is 398 g/mol. The summed E-state index contributed by atoms with van der Waals surface area (Å²) in [7, 11) is 0. The number of hydrogen-bond acceptors (Lipinski definition) is 2. The van der Waals surface area contributed by atoms with E-state index < -0.39 is 5.97 Å². The number of fused-ring (bicyclic) bond motifs is 1. The highest BCUT2D eigenvalue weighted by Gasteiger charge is 2.19. The fourth-order valence-corrected chi connectivity index (χ4v) is 3.96. The van der Waals surface area contributed by atoms with Crippen molar-refractivity contribution in [1.82, 2.24) is 4.98 Å². The molecule has 1 heterocycles. The van der Waals surface area contributed by atoms with E-state index in [0.717, 1.165) is 46.3 Å². The lowest BCUT2D eigenvalue weighted by molar-refractivity contribution is -0.131. The van der Waals surface area contributed by atoms with Crippen molar-refractivity contribution in [3.8, 4) is 16.9 Å². The van der Waals surface area contributed by atoms with Gasteiger partial charge in [0.1, 0.15) is 5.75 Å². The van der Waals surface area contributed by atoms with E-state index in [2.05, 4.69) is 76.0 Å². The van der Waals surface area contributed by atoms with Gasteiger partial charge in [0.15, 0.2) is 0 Å². The Hall–Kier alpha value is -3.01. The predicted octanol–water partition coefficient (Wildman–Crippen LogP) is 7.44. The van der Waals surface area contributed by atoms with Gasteiger partial charge in [-0.1, -0.05) is 65.3 Å². The SMILES string of the molecule is CCCCOc1c(-c2cccc3[nH]c(CC=CC(=O)O)cc23)cc(C(C)C)cc1C(C)C. The number of carbonyl (C=O) groups is 1. The maximum atomic E-state index is 10.8. The number of aromatic nitrogens is 1. The summed E-state index contributed by atoms with van der Waals surface area (Å²) in [6.45, 7) is 11.8. The summed E-state index contributed by atoms with van der Waals surface area (Å²) in [6, 6.07) is 13.0. The number of carboxylic acid groups (broad SMARTS) is 1. The van der Waals surface area contributed by atoms with Crippen molar-refractivity contribution in [3.05, 3.63) is 65.4 Å². The molecule has 2 aromatic carbocycles. The second-order valence-corrected chi connectivity index (χ2v) is 9.00. The van der Waals surface area contributed by atoms with Crippen LogP contribution in [0.15, 0.2) is 48.6 Å². The Morgan fingerprint density at radius 1 is 1.09 bits per heavy atom. The molecular formula is C28H35NO3. The largest absolute Gasteiger partial charge is 0.493 e. The van der Waals surface area contributed by atoms with Crippen LogP contribution >= 0.6 is 0 Å². The lowest BCUT2D eigenvalue weighted by atomic mass is 9.88. The predicted molar refractivity (Wildman–Crippen MR) is 133 cm³/mol. The third-order valence-corrected chi connectivity index (χ3v) is 5.78. The van der Waals surface area contributed by atoms with Gasteiger partial charge in [-0.05, 0) is 53.1 Å². The zero-order valence-corrected chi connectivity index (χ0v) is 19.9. The molecule has 0 aliphatic carbocycles. The highest BCUT2D eigenvalue weighted by Crippen LogP contribution is 2.42. The number of carboxylic acids is 1. The zero-order valence-electron chi connectivity index (χ0n) is 19.9. The Morgan fingerprint density at radius 3 is 2.53 bits per heavy atom. The molecule has 32 heavy (non-hydrogen) atoms. The number of unbranched alkanes of at least 4 members (excludes halogenated alkanes) is 1. The molecule has 0 saturated carbocycles. The Balaban J connectivity index is 2.17. The van der Waals surface area contributed by atoms with E-state index in [9.17, 15) is 4.79 Å². The summed E-state index contributed by atoms with van der Waals surface area (Å²) in [6.07, 6.45) is 5.52. The molecule has 3 aromatic rings. The number of hydrogen-bond donors (Lipinski definition) is 2. The van der Waals surface area contributed by atoms with E-state index in [0.29, 0.717) is 24.9 Å². The van der Waals surface area contributed by atoms with Gasteiger partial charge in [0.2, 0.25) is 0 Å². The topological polar surface area (TPSA) is 62.3 Å². The molecule has 0 amide bonds. The molecule has 170 valence electrons. The molecule has 3 rings (SSSR count). The minimum absolute atomic E-state index is 0.353. The molecule has 0 aliphatic rings. The monoisotopic (exact) mass is 433 g/mol. The molecule has 0 spiro atoms. The summed E-state index contributed by atoms with van der Waals surface area (Å²) in [5.41, 5.74) is 6.86. The number of H-pyrrole nitrogens is 1. The quantitative estimate of drug-likeness (QED) is 0.258. The molecule has 4 heteroatoms. The van der Waals surface area contributed by atoms with Crippen molar-refractivity contribution in [2.45, 2.75) is 65.7 Å². The Labute approximate surface area is 191 Å². The van der Waals surface area contributed by atoms with Crippen LogP contribution in [0.4, 0.5) is 0 Å². The first-order valence-electron chi connectivity index (χ1n) is 11.6. The summed E-state index contributed by atoms with van der Waals surface area (Å²) < 4.78 is 6.42. The van der Waals surface area contributed by atoms with Crippen molar-refractivity contribution in [2.75, 3.05) is 6.61 Å². The smallest absolute Gasteiger partial charge is 0.327 e. The van der Waals surface area contributed by atoms with E-state index >= 15 is 0 Å². The maximum absolute atomic E-state index is 10.8. The van der Waals surface area contributed by atoms with E-state index in [1.807, 2.05) is 0 Å². The Morgan fingerprint density at radius 2 is 1.88 bits per heavy atom. The van der Waals surface area contributed by atoms with Crippen LogP contribution in [0.2, 0.25) is 0 Å². The van der Waals surface area contributed by atoms with Gasteiger partial charge in [0, 0.05) is 34.7 Å². The van der Waals surface area contributed by atoms with E-state index in [1.165, 1.54) is 17.2 Å². The van der Waals surface area contributed by atoms with Gasteiger partial charge in [-0.3, -0.25) is 0 Å². The fraction of sp³-hybridized carbons (Fsp3) is 0.393. The maximum Gasteiger partial charge on any atom is 0.327 e. The summed E-state index contributed by atoms with van der Waals surface area (Å²) >= 11 is 0. The molecule has 0 radical (unpaired) electrons. The molecule has 0 saturated heterocycles. The number of nitrogens with one attached hydrogen (secondary N) is 1. The van der Waals surface area contributed by atoms with Crippen molar-refractivity contribution < 1.29 is 14.6 Å². The third-order valence-electron chi connectivity index (χ3n) is 5.78. The first-order valence-corrected chi connectivity index (χ1v) is 11.6. The minimum atomic E-state index is -0.928. The van der Waals surface area contributed by atoms with Crippen LogP contribution in [-0.4, -0.2) is 22.7 Å². The highest BCUT2D eigenvalue weighted by atomic mass is 16.5. The van der Waals surface area contributed by atoms with Crippen LogP contribution in [0, 0.1) is 0 Å². The Bertz CT molecular complexity index is 1110. The normalized spacial score (nSPS) is 11.8. The van der Waals surface area contributed by atoms with Gasteiger partial charge >= 0.3 is 5.97 Å². The fourth-order valence-electron chi connectivity index (χ4n) is 3.96. The Kier molecular flexibility index (Phi) is 7.79. The van der Waals surface area contributed by atoms with Crippen LogP contribution < -0.4 is 4.74 Å². The minimum Gasteiger partial charge on any atom is -0.493 e. The molecule has 0 bridgehead atoms. The number of ether oxygens (including phenoxy) is 1. The van der Waals surface area contributed by atoms with Gasteiger partial charge in [0.05, 0.1) is 6.61 Å². The number of benzene rings is 2. The van der Waals surface area contributed by atoms with Crippen LogP contribution in [0.3, 0.4) is 0 Å². The lowest BCUT2D eigenvalue weighted by Gasteiger charge is -2.22. The van der Waals surface area contributed by atoms with Crippen LogP contribution in [-0.2, 0) is 11.2 Å². The van der Waals surface area contributed by atoms with E-state index in [1.54, 1.807) is 6.08 Å². The van der Waals surface area contributed by atoms with Crippen molar-refractivity contribution in [3.63, 3.8) is 0 Å². The first kappa shape index (κ1) is 23.6. The molecule has 0 atom stereocenters. The summed E-state index contributed by atoms with van der Waals surface area (Å²) in [4.78, 5) is 14.3. The average molecular weight is 434 g/mol.